The van der Waals surface area contributed by atoms with E-state index < -0.39 is 0 Å². The van der Waals surface area contributed by atoms with Crippen LogP contribution >= 0.6 is 0 Å². The molecule has 0 unspecified atom stereocenters. The highest BCUT2D eigenvalue weighted by Gasteiger charge is 2.27. The fourth-order valence-electron chi connectivity index (χ4n) is 3.34. The number of piperidine rings is 1. The topological polar surface area (TPSA) is 45.5 Å². The maximum atomic E-state index is 12.7. The molecule has 1 aliphatic heterocycles. The summed E-state index contributed by atoms with van der Waals surface area (Å²) in [5.41, 5.74) is 4.62. The predicted molar refractivity (Wildman–Crippen MR) is 96.6 cm³/mol. The number of anilines is 1. The van der Waals surface area contributed by atoms with Gasteiger partial charge >= 0.3 is 0 Å². The summed E-state index contributed by atoms with van der Waals surface area (Å²) >= 11 is 0. The van der Waals surface area contributed by atoms with Crippen molar-refractivity contribution in [3.63, 3.8) is 0 Å². The van der Waals surface area contributed by atoms with E-state index in [-0.39, 0.29) is 11.9 Å². The van der Waals surface area contributed by atoms with E-state index in [0.717, 1.165) is 36.4 Å². The van der Waals surface area contributed by atoms with Crippen LogP contribution in [0.1, 0.15) is 45.8 Å². The summed E-state index contributed by atoms with van der Waals surface area (Å²) < 4.78 is 5.60. The van der Waals surface area contributed by atoms with Gasteiger partial charge in [0.2, 0.25) is 0 Å². The third-order valence-electron chi connectivity index (χ3n) is 4.82. The molecule has 1 fully saturated rings. The number of nitrogens with zero attached hydrogens (tertiary/aromatic N) is 1. The van der Waals surface area contributed by atoms with Crippen LogP contribution in [0, 0.1) is 27.7 Å². The zero-order chi connectivity index (χ0) is 17.3. The first-order valence-corrected chi connectivity index (χ1v) is 8.64. The molecule has 0 spiro atoms. The lowest BCUT2D eigenvalue weighted by Crippen LogP contribution is -2.45. The Labute approximate surface area is 143 Å². The molecule has 1 aromatic heterocycles. The maximum Gasteiger partial charge on any atom is 0.289 e. The molecule has 1 saturated heterocycles. The molecule has 2 aromatic rings. The number of carbonyl (C=O) groups is 1. The Balaban J connectivity index is 1.68. The molecular weight excluding hydrogens is 300 g/mol. The van der Waals surface area contributed by atoms with Crippen molar-refractivity contribution in [2.45, 2.75) is 46.6 Å². The standard InChI is InChI=1S/C20H26N2O2/c1-13-7-8-17(11-14(13)2)21-18-6-5-9-22(12-18)20(23)19-15(3)10-16(4)24-19/h7-8,10-11,18,21H,5-6,9,12H2,1-4H3/t18-/m0/s1. The van der Waals surface area contributed by atoms with Crippen molar-refractivity contribution < 1.29 is 9.21 Å². The number of nitrogens with one attached hydrogen (secondary N) is 1. The lowest BCUT2D eigenvalue weighted by Gasteiger charge is -2.33. The second-order valence-corrected chi connectivity index (χ2v) is 6.90. The van der Waals surface area contributed by atoms with E-state index in [9.17, 15) is 4.79 Å². The first-order valence-electron chi connectivity index (χ1n) is 8.64. The summed E-state index contributed by atoms with van der Waals surface area (Å²) in [6.07, 6.45) is 2.08. The first-order chi connectivity index (χ1) is 11.4. The van der Waals surface area contributed by atoms with Crippen LogP contribution in [0.25, 0.3) is 0 Å². The van der Waals surface area contributed by atoms with Gasteiger partial charge in [0.05, 0.1) is 0 Å². The van der Waals surface area contributed by atoms with Gasteiger partial charge in [0.15, 0.2) is 5.76 Å². The van der Waals surface area contributed by atoms with Gasteiger partial charge < -0.3 is 14.6 Å². The second kappa shape index (κ2) is 6.71. The van der Waals surface area contributed by atoms with E-state index in [2.05, 4.69) is 37.4 Å². The van der Waals surface area contributed by atoms with E-state index in [1.807, 2.05) is 24.8 Å². The second-order valence-electron chi connectivity index (χ2n) is 6.90. The molecule has 3 rings (SSSR count). The molecule has 4 nitrogen and oxygen atoms in total. The van der Waals surface area contributed by atoms with Crippen molar-refractivity contribution in [1.82, 2.24) is 4.90 Å². The number of rotatable bonds is 3. The van der Waals surface area contributed by atoms with Gasteiger partial charge in [-0.05, 0) is 69.9 Å². The number of hydrogen-bond donors (Lipinski definition) is 1. The molecule has 0 aliphatic carbocycles. The van der Waals surface area contributed by atoms with E-state index in [1.54, 1.807) is 0 Å². The smallest absolute Gasteiger partial charge is 0.289 e. The van der Waals surface area contributed by atoms with E-state index in [1.165, 1.54) is 11.1 Å². The minimum absolute atomic E-state index is 0.00665. The minimum Gasteiger partial charge on any atom is -0.456 e. The molecule has 0 saturated carbocycles. The first kappa shape index (κ1) is 16.6. The van der Waals surface area contributed by atoms with E-state index in [0.29, 0.717) is 12.3 Å². The summed E-state index contributed by atoms with van der Waals surface area (Å²) in [6.45, 7) is 9.56. The lowest BCUT2D eigenvalue weighted by molar-refractivity contribution is 0.0680. The number of aryl methyl sites for hydroxylation is 4. The normalized spacial score (nSPS) is 17.8. The largest absolute Gasteiger partial charge is 0.456 e. The van der Waals surface area contributed by atoms with Crippen LogP contribution in [-0.2, 0) is 0 Å². The van der Waals surface area contributed by atoms with E-state index >= 15 is 0 Å². The molecule has 1 amide bonds. The lowest BCUT2D eigenvalue weighted by atomic mass is 10.0. The maximum absolute atomic E-state index is 12.7. The molecule has 1 aromatic carbocycles. The highest BCUT2D eigenvalue weighted by Crippen LogP contribution is 2.22. The molecule has 1 aliphatic rings. The van der Waals surface area contributed by atoms with Crippen molar-refractivity contribution in [1.29, 1.82) is 0 Å². The van der Waals surface area contributed by atoms with Gasteiger partial charge in [0.1, 0.15) is 5.76 Å². The number of benzene rings is 1. The molecule has 4 heteroatoms. The van der Waals surface area contributed by atoms with Crippen LogP contribution in [0.4, 0.5) is 5.69 Å². The number of hydrogen-bond acceptors (Lipinski definition) is 3. The summed E-state index contributed by atoms with van der Waals surface area (Å²) in [5.74, 6) is 1.28. The monoisotopic (exact) mass is 326 g/mol. The van der Waals surface area contributed by atoms with Crippen molar-refractivity contribution in [3.05, 3.63) is 52.5 Å². The van der Waals surface area contributed by atoms with Gasteiger partial charge in [-0.2, -0.15) is 0 Å². The van der Waals surface area contributed by atoms with Crippen LogP contribution in [0.15, 0.2) is 28.7 Å². The molecule has 2 heterocycles. The Bertz CT molecular complexity index is 748. The zero-order valence-corrected chi connectivity index (χ0v) is 15.0. The zero-order valence-electron chi connectivity index (χ0n) is 15.0. The molecule has 1 N–H and O–H groups in total. The number of amides is 1. The Morgan fingerprint density at radius 1 is 1.12 bits per heavy atom. The fraction of sp³-hybridized carbons (Fsp3) is 0.450. The summed E-state index contributed by atoms with van der Waals surface area (Å²) in [5, 5.41) is 3.58. The molecule has 24 heavy (non-hydrogen) atoms. The molecular formula is C20H26N2O2. The van der Waals surface area contributed by atoms with Crippen LogP contribution < -0.4 is 5.32 Å². The van der Waals surface area contributed by atoms with Crippen LogP contribution in [-0.4, -0.2) is 29.9 Å². The third-order valence-corrected chi connectivity index (χ3v) is 4.82. The average Bonchev–Trinajstić information content (AvgIpc) is 2.89. The summed E-state index contributed by atoms with van der Waals surface area (Å²) in [7, 11) is 0. The van der Waals surface area contributed by atoms with Gasteiger partial charge in [-0.15, -0.1) is 0 Å². The van der Waals surface area contributed by atoms with Crippen molar-refractivity contribution in [2.24, 2.45) is 0 Å². The van der Waals surface area contributed by atoms with Gasteiger partial charge in [0.25, 0.3) is 5.91 Å². The van der Waals surface area contributed by atoms with Gasteiger partial charge in [-0.1, -0.05) is 6.07 Å². The van der Waals surface area contributed by atoms with Crippen LogP contribution in [0.3, 0.4) is 0 Å². The molecule has 1 atom stereocenters. The third kappa shape index (κ3) is 3.48. The summed E-state index contributed by atoms with van der Waals surface area (Å²) in [4.78, 5) is 14.6. The average molecular weight is 326 g/mol. The van der Waals surface area contributed by atoms with Gasteiger partial charge in [-0.25, -0.2) is 0 Å². The van der Waals surface area contributed by atoms with Crippen molar-refractivity contribution in [2.75, 3.05) is 18.4 Å². The molecule has 0 bridgehead atoms. The molecule has 0 radical (unpaired) electrons. The fourth-order valence-corrected chi connectivity index (χ4v) is 3.34. The summed E-state index contributed by atoms with van der Waals surface area (Å²) in [6, 6.07) is 8.63. The number of likely N-dealkylation sites (tertiary alicyclic amines) is 1. The highest BCUT2D eigenvalue weighted by molar-refractivity contribution is 5.93. The van der Waals surface area contributed by atoms with Crippen LogP contribution in [0.2, 0.25) is 0 Å². The van der Waals surface area contributed by atoms with Crippen molar-refractivity contribution in [3.8, 4) is 0 Å². The quantitative estimate of drug-likeness (QED) is 0.918. The van der Waals surface area contributed by atoms with E-state index in [4.69, 9.17) is 4.42 Å². The number of furan rings is 1. The predicted octanol–water partition coefficient (Wildman–Crippen LogP) is 4.23. The Morgan fingerprint density at radius 2 is 1.92 bits per heavy atom. The SMILES string of the molecule is Cc1cc(C)c(C(=O)N2CCC[C@H](Nc3ccc(C)c(C)c3)C2)o1. The Morgan fingerprint density at radius 3 is 2.58 bits per heavy atom. The minimum atomic E-state index is 0.00665. The Kier molecular flexibility index (Phi) is 4.65. The molecule has 128 valence electrons. The highest BCUT2D eigenvalue weighted by atomic mass is 16.4. The van der Waals surface area contributed by atoms with Gasteiger partial charge in [-0.3, -0.25) is 4.79 Å². The Hall–Kier alpha value is -2.23. The van der Waals surface area contributed by atoms with Gasteiger partial charge in [0, 0.05) is 30.4 Å². The van der Waals surface area contributed by atoms with Crippen molar-refractivity contribution >= 4 is 11.6 Å². The number of carbonyl (C=O) groups excluding carboxylic acids is 1. The van der Waals surface area contributed by atoms with Crippen LogP contribution in [0.5, 0.6) is 0 Å².